The molecule has 0 radical (unpaired) electrons. The molecule has 2 aliphatic heterocycles. The van der Waals surface area contributed by atoms with Gasteiger partial charge in [-0.15, -0.1) is 0 Å². The molecule has 0 N–H and O–H groups in total. The van der Waals surface area contributed by atoms with Crippen molar-refractivity contribution < 1.29 is 14.2 Å². The molecule has 142 valence electrons. The van der Waals surface area contributed by atoms with Crippen LogP contribution in [0, 0.1) is 22.7 Å². The average Bonchev–Trinajstić information content (AvgIpc) is 2.47. The molecule has 4 heteroatoms. The first-order valence-corrected chi connectivity index (χ1v) is 9.67. The van der Waals surface area contributed by atoms with E-state index < -0.39 is 0 Å². The largest absolute Gasteiger partial charge is 0.376 e. The fraction of sp³-hybridized carbons (Fsp3) is 1.00. The summed E-state index contributed by atoms with van der Waals surface area (Å²) >= 11 is 0. The highest BCUT2D eigenvalue weighted by atomic mass is 16.7. The zero-order valence-electron chi connectivity index (χ0n) is 16.8. The van der Waals surface area contributed by atoms with Crippen LogP contribution < -0.4 is 0 Å². The van der Waals surface area contributed by atoms with E-state index in [2.05, 4.69) is 46.4 Å². The van der Waals surface area contributed by atoms with Crippen molar-refractivity contribution in [1.82, 2.24) is 4.90 Å². The second-order valence-corrected chi connectivity index (χ2v) is 9.98. The number of piperidine rings is 1. The van der Waals surface area contributed by atoms with E-state index in [0.717, 1.165) is 32.3 Å². The first kappa shape index (κ1) is 20.2. The van der Waals surface area contributed by atoms with Crippen molar-refractivity contribution in [3.63, 3.8) is 0 Å². The van der Waals surface area contributed by atoms with Gasteiger partial charge in [-0.25, -0.2) is 0 Å². The van der Waals surface area contributed by atoms with Crippen LogP contribution >= 0.6 is 0 Å². The first-order valence-electron chi connectivity index (χ1n) is 9.67. The number of likely N-dealkylation sites (tertiary alicyclic amines) is 1. The topological polar surface area (TPSA) is 30.9 Å². The molecule has 0 saturated carbocycles. The molecule has 0 atom stereocenters. The molecule has 4 nitrogen and oxygen atoms in total. The molecule has 0 bridgehead atoms. The highest BCUT2D eigenvalue weighted by molar-refractivity contribution is 4.82. The van der Waals surface area contributed by atoms with E-state index in [1.165, 1.54) is 25.9 Å². The Morgan fingerprint density at radius 1 is 0.958 bits per heavy atom. The quantitative estimate of drug-likeness (QED) is 0.761. The summed E-state index contributed by atoms with van der Waals surface area (Å²) in [5.41, 5.74) is 0.639. The molecule has 0 unspecified atom stereocenters. The number of hydrogen-bond donors (Lipinski definition) is 0. The maximum absolute atomic E-state index is 5.85. The minimum Gasteiger partial charge on any atom is -0.376 e. The zero-order chi connectivity index (χ0) is 17.8. The Labute approximate surface area is 149 Å². The summed E-state index contributed by atoms with van der Waals surface area (Å²) in [6.45, 7) is 20.1. The van der Waals surface area contributed by atoms with Gasteiger partial charge in [0.2, 0.25) is 0 Å². The van der Waals surface area contributed by atoms with Gasteiger partial charge in [-0.3, -0.25) is 0 Å². The normalized spacial score (nSPS) is 28.2. The van der Waals surface area contributed by atoms with Crippen molar-refractivity contribution in [2.45, 2.75) is 60.7 Å². The van der Waals surface area contributed by atoms with E-state index in [-0.39, 0.29) is 11.7 Å². The van der Waals surface area contributed by atoms with Crippen LogP contribution in [0.15, 0.2) is 0 Å². The molecule has 0 spiro atoms. The standard InChI is InChI=1S/C20H39NO3/c1-19(2,3)15-22-14-18-23-12-16(13-24-18)11-21-9-7-17(8-10-21)20(4,5)6/h16-18H,7-15H2,1-6H3. The van der Waals surface area contributed by atoms with Gasteiger partial charge in [0.15, 0.2) is 6.29 Å². The monoisotopic (exact) mass is 341 g/mol. The van der Waals surface area contributed by atoms with E-state index in [1.54, 1.807) is 0 Å². The lowest BCUT2D eigenvalue weighted by Gasteiger charge is -2.40. The van der Waals surface area contributed by atoms with E-state index >= 15 is 0 Å². The van der Waals surface area contributed by atoms with Gasteiger partial charge in [0.05, 0.1) is 26.4 Å². The van der Waals surface area contributed by atoms with Gasteiger partial charge in [0.25, 0.3) is 0 Å². The van der Waals surface area contributed by atoms with E-state index in [0.29, 0.717) is 17.9 Å². The van der Waals surface area contributed by atoms with E-state index in [1.807, 2.05) is 0 Å². The molecule has 2 fully saturated rings. The predicted molar refractivity (Wildman–Crippen MR) is 98.1 cm³/mol. The molecule has 2 aliphatic rings. The van der Waals surface area contributed by atoms with Gasteiger partial charge in [-0.2, -0.15) is 0 Å². The molecule has 0 aromatic heterocycles. The predicted octanol–water partition coefficient (Wildman–Crippen LogP) is 3.80. The molecule has 0 aromatic carbocycles. The SMILES string of the molecule is CC(C)(C)COCC1OCC(CN2CCC(C(C)(C)C)CC2)CO1. The summed E-state index contributed by atoms with van der Waals surface area (Å²) in [7, 11) is 0. The van der Waals surface area contributed by atoms with Crippen LogP contribution in [-0.4, -0.2) is 57.3 Å². The summed E-state index contributed by atoms with van der Waals surface area (Å²) in [6.07, 6.45) is 2.46. The number of nitrogens with zero attached hydrogens (tertiary/aromatic N) is 1. The molecule has 0 aromatic rings. The number of rotatable bonds is 5. The summed E-state index contributed by atoms with van der Waals surface area (Å²) in [6, 6.07) is 0. The highest BCUT2D eigenvalue weighted by Crippen LogP contribution is 2.34. The van der Waals surface area contributed by atoms with Crippen molar-refractivity contribution >= 4 is 0 Å². The summed E-state index contributed by atoms with van der Waals surface area (Å²) < 4.78 is 17.4. The average molecular weight is 342 g/mol. The van der Waals surface area contributed by atoms with Crippen LogP contribution in [0.2, 0.25) is 0 Å². The Balaban J connectivity index is 1.60. The second kappa shape index (κ2) is 8.48. The third-order valence-electron chi connectivity index (χ3n) is 5.15. The summed E-state index contributed by atoms with van der Waals surface area (Å²) in [4.78, 5) is 2.59. The minimum atomic E-state index is -0.185. The van der Waals surface area contributed by atoms with Crippen molar-refractivity contribution in [1.29, 1.82) is 0 Å². The van der Waals surface area contributed by atoms with Crippen molar-refractivity contribution in [3.8, 4) is 0 Å². The third-order valence-corrected chi connectivity index (χ3v) is 5.15. The van der Waals surface area contributed by atoms with Gasteiger partial charge in [-0.05, 0) is 42.7 Å². The van der Waals surface area contributed by atoms with Crippen LogP contribution in [-0.2, 0) is 14.2 Å². The molecular formula is C20H39NO3. The van der Waals surface area contributed by atoms with Crippen molar-refractivity contribution in [3.05, 3.63) is 0 Å². The van der Waals surface area contributed by atoms with Gasteiger partial charge in [0.1, 0.15) is 0 Å². The lowest BCUT2D eigenvalue weighted by molar-refractivity contribution is -0.225. The summed E-state index contributed by atoms with van der Waals surface area (Å²) in [5.74, 6) is 1.35. The lowest BCUT2D eigenvalue weighted by atomic mass is 9.75. The molecule has 0 amide bonds. The van der Waals surface area contributed by atoms with Gasteiger partial charge in [0, 0.05) is 12.5 Å². The Hall–Kier alpha value is -0.160. The van der Waals surface area contributed by atoms with Crippen molar-refractivity contribution in [2.24, 2.45) is 22.7 Å². The maximum atomic E-state index is 5.85. The van der Waals surface area contributed by atoms with Crippen LogP contribution in [0.3, 0.4) is 0 Å². The third kappa shape index (κ3) is 6.99. The minimum absolute atomic E-state index is 0.185. The van der Waals surface area contributed by atoms with Crippen LogP contribution in [0.25, 0.3) is 0 Å². The molecule has 2 heterocycles. The Kier molecular flexibility index (Phi) is 7.12. The van der Waals surface area contributed by atoms with Crippen LogP contribution in [0.5, 0.6) is 0 Å². The van der Waals surface area contributed by atoms with Gasteiger partial charge >= 0.3 is 0 Å². The molecule has 24 heavy (non-hydrogen) atoms. The maximum Gasteiger partial charge on any atom is 0.180 e. The van der Waals surface area contributed by atoms with Gasteiger partial charge in [-0.1, -0.05) is 41.5 Å². The second-order valence-electron chi connectivity index (χ2n) is 9.98. The molecule has 2 saturated heterocycles. The zero-order valence-corrected chi connectivity index (χ0v) is 16.8. The summed E-state index contributed by atoms with van der Waals surface area (Å²) in [5, 5.41) is 0. The first-order chi connectivity index (χ1) is 11.1. The molecular weight excluding hydrogens is 302 g/mol. The van der Waals surface area contributed by atoms with Crippen LogP contribution in [0.4, 0.5) is 0 Å². The highest BCUT2D eigenvalue weighted by Gasteiger charge is 2.30. The van der Waals surface area contributed by atoms with E-state index in [4.69, 9.17) is 14.2 Å². The van der Waals surface area contributed by atoms with Crippen molar-refractivity contribution in [2.75, 3.05) is 46.1 Å². The number of hydrogen-bond acceptors (Lipinski definition) is 4. The molecule has 0 aliphatic carbocycles. The van der Waals surface area contributed by atoms with Crippen LogP contribution in [0.1, 0.15) is 54.4 Å². The Morgan fingerprint density at radius 2 is 1.54 bits per heavy atom. The van der Waals surface area contributed by atoms with Gasteiger partial charge < -0.3 is 19.1 Å². The Morgan fingerprint density at radius 3 is 2.04 bits per heavy atom. The lowest BCUT2D eigenvalue weighted by Crippen LogP contribution is -2.44. The fourth-order valence-corrected chi connectivity index (χ4v) is 3.59. The smallest absolute Gasteiger partial charge is 0.180 e. The molecule has 2 rings (SSSR count). The number of ether oxygens (including phenoxy) is 3. The Bertz CT molecular complexity index is 356. The fourth-order valence-electron chi connectivity index (χ4n) is 3.59. The van der Waals surface area contributed by atoms with E-state index in [9.17, 15) is 0 Å².